The molecule has 3 aliphatic rings. The van der Waals surface area contributed by atoms with Gasteiger partial charge in [0.15, 0.2) is 17.9 Å². The molecule has 1 amide bonds. The van der Waals surface area contributed by atoms with Gasteiger partial charge in [-0.1, -0.05) is 12.1 Å². The van der Waals surface area contributed by atoms with Crippen molar-refractivity contribution in [2.45, 2.75) is 81.8 Å². The number of methoxy groups -OCH3 is 1. The highest BCUT2D eigenvalue weighted by atomic mass is 16.7. The normalized spacial score (nSPS) is 28.0. The first kappa shape index (κ1) is 32.5. The fourth-order valence-electron chi connectivity index (χ4n) is 6.37. The molecule has 0 saturated carbocycles. The van der Waals surface area contributed by atoms with Crippen molar-refractivity contribution in [3.63, 3.8) is 0 Å². The number of aliphatic hydroxyl groups excluding tert-OH is 1. The Kier molecular flexibility index (Phi) is 8.74. The highest BCUT2D eigenvalue weighted by Gasteiger charge is 2.49. The van der Waals surface area contributed by atoms with E-state index in [1.165, 1.54) is 25.3 Å². The molecular formula is C31H37N3O11. The number of benzene rings is 2. The van der Waals surface area contributed by atoms with E-state index in [1.807, 2.05) is 0 Å². The molecule has 5 unspecified atom stereocenters. The Labute approximate surface area is 258 Å². The molecule has 7 atom stereocenters. The number of nitrogens with one attached hydrogen (secondary N) is 1. The molecule has 5 rings (SSSR count). The smallest absolute Gasteiger partial charge is 0.237 e. The fourth-order valence-corrected chi connectivity index (χ4v) is 6.37. The van der Waals surface area contributed by atoms with E-state index in [0.717, 1.165) is 6.92 Å². The number of rotatable bonds is 8. The van der Waals surface area contributed by atoms with E-state index in [4.69, 9.17) is 25.7 Å². The van der Waals surface area contributed by atoms with Crippen LogP contribution in [0.4, 0.5) is 0 Å². The minimum atomic E-state index is -2.08. The van der Waals surface area contributed by atoms with E-state index in [0.29, 0.717) is 0 Å². The van der Waals surface area contributed by atoms with Gasteiger partial charge in [0.05, 0.1) is 48.1 Å². The van der Waals surface area contributed by atoms with Crippen LogP contribution in [-0.2, 0) is 25.5 Å². The molecule has 1 saturated heterocycles. The Morgan fingerprint density at radius 3 is 2.49 bits per heavy atom. The Morgan fingerprint density at radius 2 is 1.84 bits per heavy atom. The number of fused-ring (bicyclic) bond motifs is 3. The number of phenolic OH excluding ortho intramolecular Hbond substituents is 2. The minimum Gasteiger partial charge on any atom is -0.507 e. The number of hydrogen-bond acceptors (Lipinski definition) is 13. The topological polar surface area (TPSA) is 241 Å². The lowest BCUT2D eigenvalue weighted by atomic mass is 9.72. The first-order valence-electron chi connectivity index (χ1n) is 14.6. The lowest BCUT2D eigenvalue weighted by molar-refractivity contribution is -0.249. The Bertz CT molecular complexity index is 1580. The van der Waals surface area contributed by atoms with Crippen molar-refractivity contribution in [3.8, 4) is 17.2 Å². The molecule has 2 aromatic carbocycles. The molecule has 0 radical (unpaired) electrons. The van der Waals surface area contributed by atoms with Crippen molar-refractivity contribution in [1.29, 1.82) is 0 Å². The van der Waals surface area contributed by atoms with Crippen LogP contribution < -0.4 is 21.5 Å². The molecule has 0 bridgehead atoms. The number of phenols is 2. The van der Waals surface area contributed by atoms with Crippen molar-refractivity contribution in [3.05, 3.63) is 51.6 Å². The maximum Gasteiger partial charge on any atom is 0.237 e. The van der Waals surface area contributed by atoms with Crippen molar-refractivity contribution in [2.24, 2.45) is 11.5 Å². The number of ether oxygens (including phenoxy) is 3. The van der Waals surface area contributed by atoms with Gasteiger partial charge >= 0.3 is 0 Å². The molecular weight excluding hydrogens is 590 g/mol. The van der Waals surface area contributed by atoms with E-state index in [2.05, 4.69) is 5.32 Å². The quantitative estimate of drug-likeness (QED) is 0.161. The molecule has 2 aromatic rings. The maximum atomic E-state index is 13.8. The number of aromatic hydroxyl groups is 2. The zero-order valence-electron chi connectivity index (χ0n) is 25.0. The monoisotopic (exact) mass is 627 g/mol. The Balaban J connectivity index is 1.57. The Hall–Kier alpha value is -3.92. The van der Waals surface area contributed by atoms with Gasteiger partial charge in [0.1, 0.15) is 29.0 Å². The van der Waals surface area contributed by atoms with Gasteiger partial charge in [-0.3, -0.25) is 19.2 Å². The van der Waals surface area contributed by atoms with Gasteiger partial charge in [0.2, 0.25) is 11.7 Å². The van der Waals surface area contributed by atoms with Crippen LogP contribution in [0.15, 0.2) is 18.2 Å². The summed E-state index contributed by atoms with van der Waals surface area (Å²) in [6.07, 6.45) is -5.28. The summed E-state index contributed by atoms with van der Waals surface area (Å²) in [5.41, 5.74) is 7.96. The van der Waals surface area contributed by atoms with Crippen molar-refractivity contribution >= 4 is 23.3 Å². The van der Waals surface area contributed by atoms with Gasteiger partial charge in [0, 0.05) is 36.0 Å². The summed E-state index contributed by atoms with van der Waals surface area (Å²) < 4.78 is 17.3. The largest absolute Gasteiger partial charge is 0.507 e. The molecule has 0 aromatic heterocycles. The van der Waals surface area contributed by atoms with Crippen LogP contribution in [0.1, 0.15) is 82.2 Å². The number of ketones is 3. The summed E-state index contributed by atoms with van der Waals surface area (Å²) in [7, 11) is 1.32. The number of carbonyl (C=O) groups is 4. The minimum absolute atomic E-state index is 0.0469. The van der Waals surface area contributed by atoms with Crippen LogP contribution in [0.25, 0.3) is 0 Å². The van der Waals surface area contributed by atoms with Crippen molar-refractivity contribution in [1.82, 2.24) is 5.32 Å². The average Bonchev–Trinajstić information content (AvgIpc) is 2.99. The lowest BCUT2D eigenvalue weighted by Crippen LogP contribution is -2.58. The zero-order chi connectivity index (χ0) is 33.0. The number of amides is 1. The fraction of sp³-hybridized carbons (Fsp3) is 0.484. The second-order valence-electron chi connectivity index (χ2n) is 11.8. The second-order valence-corrected chi connectivity index (χ2v) is 11.8. The third kappa shape index (κ3) is 5.47. The third-order valence-corrected chi connectivity index (χ3v) is 8.90. The van der Waals surface area contributed by atoms with Gasteiger partial charge in [-0.2, -0.15) is 0 Å². The highest BCUT2D eigenvalue weighted by Crippen LogP contribution is 2.52. The van der Waals surface area contributed by atoms with E-state index in [-0.39, 0.29) is 47.4 Å². The van der Waals surface area contributed by atoms with Crippen LogP contribution in [0.3, 0.4) is 0 Å². The molecule has 45 heavy (non-hydrogen) atoms. The molecule has 9 N–H and O–H groups in total. The summed E-state index contributed by atoms with van der Waals surface area (Å²) in [4.78, 5) is 52.7. The van der Waals surface area contributed by atoms with E-state index >= 15 is 0 Å². The van der Waals surface area contributed by atoms with Gasteiger partial charge in [-0.05, 0) is 32.9 Å². The first-order valence-corrected chi connectivity index (χ1v) is 14.6. The number of Topliss-reactive ketones (excluding diaryl/α,β-unsaturated/α-hetero) is 1. The van der Waals surface area contributed by atoms with E-state index in [9.17, 15) is 39.6 Å². The van der Waals surface area contributed by atoms with Gasteiger partial charge in [0.25, 0.3) is 0 Å². The molecule has 1 fully saturated rings. The van der Waals surface area contributed by atoms with Gasteiger partial charge in [-0.15, -0.1) is 0 Å². The number of nitrogens with two attached hydrogens (primary N) is 2. The van der Waals surface area contributed by atoms with Gasteiger partial charge < -0.3 is 51.4 Å². The molecule has 1 heterocycles. The SMILES string of the molecule is COc1cccc2c1C(=O)c1c(O)c3c(c(O)c1C2=O)C[C@@](O)(C(C)=O)C[C@@H]3OC1CC(NC(=O)C(N)CCN)C(O)C(C)O1. The van der Waals surface area contributed by atoms with E-state index in [1.54, 1.807) is 6.92 Å². The molecule has 1 aliphatic heterocycles. The van der Waals surface area contributed by atoms with Crippen LogP contribution in [0.2, 0.25) is 0 Å². The predicted octanol–water partition coefficient (Wildman–Crippen LogP) is -0.137. The number of carbonyl (C=O) groups excluding carboxylic acids is 4. The van der Waals surface area contributed by atoms with E-state index < -0.39 is 101 Å². The van der Waals surface area contributed by atoms with Gasteiger partial charge in [-0.25, -0.2) is 0 Å². The third-order valence-electron chi connectivity index (χ3n) is 8.90. The second kappa shape index (κ2) is 12.1. The molecule has 242 valence electrons. The molecule has 14 nitrogen and oxygen atoms in total. The predicted molar refractivity (Wildman–Crippen MR) is 156 cm³/mol. The number of hydrogen-bond donors (Lipinski definition) is 7. The molecule has 2 aliphatic carbocycles. The summed E-state index contributed by atoms with van der Waals surface area (Å²) >= 11 is 0. The van der Waals surface area contributed by atoms with Crippen LogP contribution >= 0.6 is 0 Å². The lowest BCUT2D eigenvalue weighted by Gasteiger charge is -2.43. The number of aliphatic hydroxyl groups is 2. The average molecular weight is 628 g/mol. The summed E-state index contributed by atoms with van der Waals surface area (Å²) in [6, 6.07) is 2.59. The zero-order valence-corrected chi connectivity index (χ0v) is 25.0. The standard InChI is InChI=1S/C31H37N3O11/c1-12-25(36)17(34-30(41)16(33)7-8-32)9-20(44-12)45-19-11-31(42,13(2)35)10-15-22(19)29(40)24-23(27(15)38)26(37)14-5-4-6-18(43-3)21(14)28(24)39/h4-6,12,16-17,19-20,25,36,38,40,42H,7-11,32-33H2,1-3H3,(H,34,41)/t12?,16?,17?,19-,20?,25?,31-/m0/s1. The summed E-state index contributed by atoms with van der Waals surface area (Å²) in [6.45, 7) is 2.88. The van der Waals surface area contributed by atoms with Crippen molar-refractivity contribution < 1.29 is 53.8 Å². The van der Waals surface area contributed by atoms with Crippen LogP contribution in [-0.4, -0.2) is 93.5 Å². The molecule has 14 heteroatoms. The first-order chi connectivity index (χ1) is 21.2. The Morgan fingerprint density at radius 1 is 1.16 bits per heavy atom. The molecule has 0 spiro atoms. The highest BCUT2D eigenvalue weighted by molar-refractivity contribution is 6.31. The summed E-state index contributed by atoms with van der Waals surface area (Å²) in [5.74, 6) is -3.99. The van der Waals surface area contributed by atoms with Crippen LogP contribution in [0.5, 0.6) is 17.2 Å². The summed E-state index contributed by atoms with van der Waals surface area (Å²) in [5, 5.41) is 47.9. The maximum absolute atomic E-state index is 13.8. The van der Waals surface area contributed by atoms with Crippen LogP contribution in [0, 0.1) is 0 Å². The van der Waals surface area contributed by atoms with Crippen molar-refractivity contribution in [2.75, 3.05) is 13.7 Å².